The van der Waals surface area contributed by atoms with E-state index in [1.54, 1.807) is 0 Å². The fourth-order valence-electron chi connectivity index (χ4n) is 3.93. The van der Waals surface area contributed by atoms with Gasteiger partial charge in [0.15, 0.2) is 5.13 Å². The second-order valence-electron chi connectivity index (χ2n) is 7.79. The van der Waals surface area contributed by atoms with Crippen LogP contribution in [0.2, 0.25) is 0 Å². The number of para-hydroxylation sites is 1. The zero-order valence-corrected chi connectivity index (χ0v) is 17.5. The molecule has 1 aliphatic carbocycles. The quantitative estimate of drug-likeness (QED) is 0.700. The number of benzene rings is 1. The average molecular weight is 414 g/mol. The van der Waals surface area contributed by atoms with E-state index in [0.29, 0.717) is 18.2 Å². The SMILES string of the molecule is Cc1ccccc1NC(=O)CN1CCc2nc(NC(=O)NC3CCCC3)sc2C1. The van der Waals surface area contributed by atoms with E-state index in [2.05, 4.69) is 25.8 Å². The van der Waals surface area contributed by atoms with Gasteiger partial charge in [-0.2, -0.15) is 0 Å². The van der Waals surface area contributed by atoms with Crippen LogP contribution in [0.1, 0.15) is 41.8 Å². The first-order valence-electron chi connectivity index (χ1n) is 10.2. The Kier molecular flexibility index (Phi) is 6.10. The number of thiazole rings is 1. The molecule has 4 rings (SSSR count). The predicted molar refractivity (Wildman–Crippen MR) is 115 cm³/mol. The molecule has 3 N–H and O–H groups in total. The van der Waals surface area contributed by atoms with Crippen molar-refractivity contribution in [1.82, 2.24) is 15.2 Å². The van der Waals surface area contributed by atoms with Crippen LogP contribution < -0.4 is 16.0 Å². The van der Waals surface area contributed by atoms with E-state index >= 15 is 0 Å². The second kappa shape index (κ2) is 8.92. The van der Waals surface area contributed by atoms with Crippen molar-refractivity contribution in [3.8, 4) is 0 Å². The van der Waals surface area contributed by atoms with E-state index in [1.165, 1.54) is 24.2 Å². The summed E-state index contributed by atoms with van der Waals surface area (Å²) in [7, 11) is 0. The fourth-order valence-corrected chi connectivity index (χ4v) is 4.98. The number of anilines is 2. The van der Waals surface area contributed by atoms with E-state index in [1.807, 2.05) is 31.2 Å². The summed E-state index contributed by atoms with van der Waals surface area (Å²) in [6.07, 6.45) is 5.27. The molecule has 0 atom stereocenters. The standard InChI is InChI=1S/C21H27N5O2S/c1-14-6-2-5-9-16(14)23-19(27)13-26-11-10-17-18(12-26)29-21(24-17)25-20(28)22-15-7-3-4-8-15/h2,5-6,9,15H,3-4,7-8,10-13H2,1H3,(H,23,27)(H2,22,24,25,28). The molecule has 1 aromatic heterocycles. The van der Waals surface area contributed by atoms with Gasteiger partial charge in [-0.1, -0.05) is 31.0 Å². The van der Waals surface area contributed by atoms with Gasteiger partial charge in [-0.15, -0.1) is 11.3 Å². The molecular weight excluding hydrogens is 386 g/mol. The Morgan fingerprint density at radius 2 is 2.00 bits per heavy atom. The molecule has 154 valence electrons. The van der Waals surface area contributed by atoms with Crippen LogP contribution in [-0.4, -0.2) is 41.0 Å². The van der Waals surface area contributed by atoms with Crippen LogP contribution in [0, 0.1) is 6.92 Å². The lowest BCUT2D eigenvalue weighted by Crippen LogP contribution is -2.36. The highest BCUT2D eigenvalue weighted by Crippen LogP contribution is 2.28. The molecule has 29 heavy (non-hydrogen) atoms. The number of rotatable bonds is 5. The molecule has 0 spiro atoms. The van der Waals surface area contributed by atoms with Gasteiger partial charge >= 0.3 is 6.03 Å². The molecule has 8 heteroatoms. The van der Waals surface area contributed by atoms with Crippen molar-refractivity contribution in [3.05, 3.63) is 40.4 Å². The number of hydrogen-bond donors (Lipinski definition) is 3. The van der Waals surface area contributed by atoms with Crippen molar-refractivity contribution in [3.63, 3.8) is 0 Å². The van der Waals surface area contributed by atoms with Crippen molar-refractivity contribution in [2.75, 3.05) is 23.7 Å². The first-order chi connectivity index (χ1) is 14.1. The number of aromatic nitrogens is 1. The van der Waals surface area contributed by atoms with E-state index in [4.69, 9.17) is 0 Å². The molecular formula is C21H27N5O2S. The van der Waals surface area contributed by atoms with E-state index in [0.717, 1.165) is 47.6 Å². The zero-order chi connectivity index (χ0) is 20.2. The van der Waals surface area contributed by atoms with Crippen molar-refractivity contribution in [2.24, 2.45) is 0 Å². The third kappa shape index (κ3) is 5.13. The van der Waals surface area contributed by atoms with Gasteiger partial charge in [-0.05, 0) is 31.4 Å². The molecule has 0 radical (unpaired) electrons. The molecule has 0 bridgehead atoms. The minimum absolute atomic E-state index is 0.0124. The molecule has 2 aromatic rings. The molecule has 2 heterocycles. The average Bonchev–Trinajstić information content (AvgIpc) is 3.32. The lowest BCUT2D eigenvalue weighted by Gasteiger charge is -2.25. The summed E-state index contributed by atoms with van der Waals surface area (Å²) in [4.78, 5) is 32.4. The Bertz CT molecular complexity index is 891. The van der Waals surface area contributed by atoms with Crippen molar-refractivity contribution >= 4 is 34.1 Å². The van der Waals surface area contributed by atoms with Gasteiger partial charge in [0.2, 0.25) is 5.91 Å². The molecule has 0 unspecified atom stereocenters. The summed E-state index contributed by atoms with van der Waals surface area (Å²) in [6, 6.07) is 7.89. The molecule has 0 saturated heterocycles. The lowest BCUT2D eigenvalue weighted by molar-refractivity contribution is -0.117. The Balaban J connectivity index is 1.30. The van der Waals surface area contributed by atoms with Crippen LogP contribution in [0.15, 0.2) is 24.3 Å². The molecule has 2 aliphatic rings. The number of carbonyl (C=O) groups excluding carboxylic acids is 2. The highest BCUT2D eigenvalue weighted by atomic mass is 32.1. The van der Waals surface area contributed by atoms with Gasteiger partial charge < -0.3 is 10.6 Å². The minimum atomic E-state index is -0.169. The molecule has 3 amide bonds. The molecule has 1 aliphatic heterocycles. The Hall–Kier alpha value is -2.45. The molecule has 7 nitrogen and oxygen atoms in total. The third-order valence-electron chi connectivity index (χ3n) is 5.51. The summed E-state index contributed by atoms with van der Waals surface area (Å²) >= 11 is 1.50. The van der Waals surface area contributed by atoms with Crippen LogP contribution in [-0.2, 0) is 17.8 Å². The van der Waals surface area contributed by atoms with E-state index in [9.17, 15) is 9.59 Å². The van der Waals surface area contributed by atoms with Crippen molar-refractivity contribution in [2.45, 2.75) is 51.6 Å². The first kappa shape index (κ1) is 19.8. The maximum Gasteiger partial charge on any atom is 0.321 e. The number of aryl methyl sites for hydroxylation is 1. The highest BCUT2D eigenvalue weighted by molar-refractivity contribution is 7.15. The van der Waals surface area contributed by atoms with Crippen LogP contribution in [0.4, 0.5) is 15.6 Å². The monoisotopic (exact) mass is 413 g/mol. The second-order valence-corrected chi connectivity index (χ2v) is 8.88. The fraction of sp³-hybridized carbons (Fsp3) is 0.476. The van der Waals surface area contributed by atoms with Crippen LogP contribution >= 0.6 is 11.3 Å². The van der Waals surface area contributed by atoms with Crippen molar-refractivity contribution < 1.29 is 9.59 Å². The van der Waals surface area contributed by atoms with E-state index in [-0.39, 0.29) is 18.0 Å². The van der Waals surface area contributed by atoms with Gasteiger partial charge in [0.05, 0.1) is 12.2 Å². The molecule has 1 aromatic carbocycles. The normalized spacial score (nSPS) is 17.0. The number of hydrogen-bond acceptors (Lipinski definition) is 5. The van der Waals surface area contributed by atoms with Gasteiger partial charge in [-0.25, -0.2) is 9.78 Å². The minimum Gasteiger partial charge on any atom is -0.335 e. The predicted octanol–water partition coefficient (Wildman–Crippen LogP) is 3.51. The highest BCUT2D eigenvalue weighted by Gasteiger charge is 2.24. The largest absolute Gasteiger partial charge is 0.335 e. The maximum absolute atomic E-state index is 12.4. The Morgan fingerprint density at radius 3 is 2.79 bits per heavy atom. The van der Waals surface area contributed by atoms with Crippen LogP contribution in [0.3, 0.4) is 0 Å². The summed E-state index contributed by atoms with van der Waals surface area (Å²) in [5.74, 6) is -0.0124. The van der Waals surface area contributed by atoms with Gasteiger partial charge in [0.25, 0.3) is 0 Å². The number of fused-ring (bicyclic) bond motifs is 1. The van der Waals surface area contributed by atoms with E-state index < -0.39 is 0 Å². The van der Waals surface area contributed by atoms with Gasteiger partial charge in [0.1, 0.15) is 0 Å². The first-order valence-corrected chi connectivity index (χ1v) is 11.0. The number of amides is 3. The topological polar surface area (TPSA) is 86.4 Å². The van der Waals surface area contributed by atoms with Gasteiger partial charge in [0, 0.05) is 36.1 Å². The molecule has 1 fully saturated rings. The zero-order valence-electron chi connectivity index (χ0n) is 16.7. The molecule has 1 saturated carbocycles. The van der Waals surface area contributed by atoms with Crippen molar-refractivity contribution in [1.29, 1.82) is 0 Å². The van der Waals surface area contributed by atoms with Crippen LogP contribution in [0.25, 0.3) is 0 Å². The maximum atomic E-state index is 12.4. The Labute approximate surface area is 174 Å². The summed E-state index contributed by atoms with van der Waals surface area (Å²) in [6.45, 7) is 3.79. The number of nitrogens with one attached hydrogen (secondary N) is 3. The third-order valence-corrected chi connectivity index (χ3v) is 6.51. The summed E-state index contributed by atoms with van der Waals surface area (Å²) < 4.78 is 0. The number of urea groups is 1. The Morgan fingerprint density at radius 1 is 1.21 bits per heavy atom. The summed E-state index contributed by atoms with van der Waals surface area (Å²) in [5, 5.41) is 9.53. The van der Waals surface area contributed by atoms with Crippen LogP contribution in [0.5, 0.6) is 0 Å². The lowest BCUT2D eigenvalue weighted by atomic mass is 10.1. The number of nitrogens with zero attached hydrogens (tertiary/aromatic N) is 2. The number of carbonyl (C=O) groups is 2. The van der Waals surface area contributed by atoms with Gasteiger partial charge in [-0.3, -0.25) is 15.0 Å². The smallest absolute Gasteiger partial charge is 0.321 e. The summed E-state index contributed by atoms with van der Waals surface area (Å²) in [5.41, 5.74) is 2.94.